The molecule has 4 rings (SSSR count). The second kappa shape index (κ2) is 10.5. The smallest absolute Gasteiger partial charge is 0.240 e. The molecule has 1 N–H and O–H groups in total. The topological polar surface area (TPSA) is 67.2 Å². The lowest BCUT2D eigenvalue weighted by molar-refractivity contribution is -0.123. The van der Waals surface area contributed by atoms with Gasteiger partial charge in [0.1, 0.15) is 24.0 Å². The molecule has 3 aromatic rings. The Morgan fingerprint density at radius 1 is 1.05 bits per heavy atom. The third-order valence-corrected chi connectivity index (χ3v) is 7.55. The number of aromatic nitrogens is 2. The first-order valence-corrected chi connectivity index (χ1v) is 13.6. The van der Waals surface area contributed by atoms with Gasteiger partial charge in [-0.3, -0.25) is 14.5 Å². The van der Waals surface area contributed by atoms with Crippen LogP contribution in [-0.2, 0) is 27.1 Å². The van der Waals surface area contributed by atoms with E-state index in [4.69, 9.17) is 5.10 Å². The largest absolute Gasteiger partial charge is 0.350 e. The van der Waals surface area contributed by atoms with Crippen molar-refractivity contribution >= 4 is 29.4 Å². The minimum Gasteiger partial charge on any atom is -0.350 e. The van der Waals surface area contributed by atoms with Crippen molar-refractivity contribution in [2.45, 2.75) is 64.3 Å². The van der Waals surface area contributed by atoms with Gasteiger partial charge in [0.2, 0.25) is 11.8 Å². The van der Waals surface area contributed by atoms with Crippen molar-refractivity contribution in [3.05, 3.63) is 82.5 Å². The molecule has 0 radical (unpaired) electrons. The Bertz CT molecular complexity index is 1340. The SMILES string of the molecule is CC(C)(C)c1nn(C(C)(C)C)c2c1[C@H](c1cccc(F)c1)SCC(=O)N2CC(=O)NCc1ccc(F)cc1. The monoisotopic (exact) mass is 540 g/mol. The molecule has 2 heterocycles. The molecule has 9 heteroatoms. The first-order chi connectivity index (χ1) is 17.8. The average Bonchev–Trinajstić information content (AvgIpc) is 3.18. The predicted octanol–water partition coefficient (Wildman–Crippen LogP) is 5.70. The summed E-state index contributed by atoms with van der Waals surface area (Å²) in [7, 11) is 0. The van der Waals surface area contributed by atoms with Gasteiger partial charge in [-0.1, -0.05) is 45.0 Å². The summed E-state index contributed by atoms with van der Waals surface area (Å²) in [4.78, 5) is 28.2. The minimum atomic E-state index is -0.502. The molecule has 0 saturated heterocycles. The fourth-order valence-electron chi connectivity index (χ4n) is 4.48. The number of nitrogens with zero attached hydrogens (tertiary/aromatic N) is 3. The van der Waals surface area contributed by atoms with Crippen molar-refractivity contribution in [2.24, 2.45) is 0 Å². The van der Waals surface area contributed by atoms with Crippen LogP contribution in [0.25, 0.3) is 0 Å². The highest BCUT2D eigenvalue weighted by molar-refractivity contribution is 8.00. The molecule has 6 nitrogen and oxygen atoms in total. The molecule has 2 amide bonds. The number of anilines is 1. The first kappa shape index (κ1) is 27.8. The molecule has 1 aliphatic rings. The second-order valence-corrected chi connectivity index (χ2v) is 12.6. The highest BCUT2D eigenvalue weighted by atomic mass is 32.2. The van der Waals surface area contributed by atoms with Gasteiger partial charge in [-0.2, -0.15) is 5.10 Å². The molecule has 0 aliphatic carbocycles. The van der Waals surface area contributed by atoms with Crippen molar-refractivity contribution in [1.82, 2.24) is 15.1 Å². The Hall–Kier alpha value is -3.20. The fraction of sp³-hybridized carbons (Fsp3) is 0.414. The van der Waals surface area contributed by atoms with Crippen molar-refractivity contribution < 1.29 is 18.4 Å². The van der Waals surface area contributed by atoms with Gasteiger partial charge in [0.25, 0.3) is 0 Å². The van der Waals surface area contributed by atoms with Crippen LogP contribution in [0.1, 0.15) is 69.2 Å². The number of nitrogens with one attached hydrogen (secondary N) is 1. The maximum Gasteiger partial charge on any atom is 0.240 e. The molecular formula is C29H34F2N4O2S. The lowest BCUT2D eigenvalue weighted by Crippen LogP contribution is -2.43. The molecule has 0 fully saturated rings. The summed E-state index contributed by atoms with van der Waals surface area (Å²) < 4.78 is 29.4. The third kappa shape index (κ3) is 5.93. The Balaban J connectivity index is 1.80. The van der Waals surface area contributed by atoms with E-state index in [1.54, 1.807) is 18.2 Å². The Labute approximate surface area is 226 Å². The maximum atomic E-state index is 14.3. The predicted molar refractivity (Wildman–Crippen MR) is 147 cm³/mol. The van der Waals surface area contributed by atoms with Crippen LogP contribution >= 0.6 is 11.8 Å². The molecule has 0 spiro atoms. The second-order valence-electron chi connectivity index (χ2n) is 11.5. The van der Waals surface area contributed by atoms with Crippen LogP contribution < -0.4 is 10.2 Å². The number of benzene rings is 2. The lowest BCUT2D eigenvalue weighted by Gasteiger charge is -2.29. The molecule has 1 aliphatic heterocycles. The van der Waals surface area contributed by atoms with Crippen LogP contribution in [0.2, 0.25) is 0 Å². The molecule has 1 aromatic heterocycles. The van der Waals surface area contributed by atoms with Gasteiger partial charge in [0, 0.05) is 17.5 Å². The number of rotatable bonds is 5. The number of carbonyl (C=O) groups excluding carboxylic acids is 2. The van der Waals surface area contributed by atoms with Crippen LogP contribution in [0.3, 0.4) is 0 Å². The minimum absolute atomic E-state index is 0.120. The molecule has 38 heavy (non-hydrogen) atoms. The van der Waals surface area contributed by atoms with Gasteiger partial charge in [0.05, 0.1) is 22.2 Å². The van der Waals surface area contributed by atoms with E-state index in [2.05, 4.69) is 26.1 Å². The van der Waals surface area contributed by atoms with Crippen molar-refractivity contribution in [2.75, 3.05) is 17.2 Å². The molecule has 1 atom stereocenters. The first-order valence-electron chi connectivity index (χ1n) is 12.6. The zero-order valence-corrected chi connectivity index (χ0v) is 23.5. The Kier molecular flexibility index (Phi) is 7.70. The average molecular weight is 541 g/mol. The molecule has 202 valence electrons. The standard InChI is InChI=1S/C29H34F2N4O2S/c1-28(2,3)26-24-25(19-8-7-9-21(31)14-19)38-17-23(37)34(27(24)35(33-26)29(4,5)6)16-22(36)32-15-18-10-12-20(30)13-11-18/h7-14,25H,15-17H2,1-6H3,(H,32,36)/t25-/m0/s1. The van der Waals surface area contributed by atoms with Gasteiger partial charge in [-0.15, -0.1) is 11.8 Å². The molecule has 0 unspecified atom stereocenters. The number of carbonyl (C=O) groups is 2. The number of halogens is 2. The zero-order valence-electron chi connectivity index (χ0n) is 22.6. The lowest BCUT2D eigenvalue weighted by atomic mass is 9.87. The van der Waals surface area contributed by atoms with Crippen LogP contribution in [0.15, 0.2) is 48.5 Å². The van der Waals surface area contributed by atoms with Gasteiger partial charge < -0.3 is 5.32 Å². The van der Waals surface area contributed by atoms with Gasteiger partial charge in [-0.05, 0) is 56.2 Å². The summed E-state index contributed by atoms with van der Waals surface area (Å²) in [5.74, 6) is -0.589. The maximum absolute atomic E-state index is 14.3. The van der Waals surface area contributed by atoms with Crippen LogP contribution in [0.5, 0.6) is 0 Å². The van der Waals surface area contributed by atoms with Crippen molar-refractivity contribution in [3.63, 3.8) is 0 Å². The van der Waals surface area contributed by atoms with Crippen LogP contribution in [-0.4, -0.2) is 33.9 Å². The number of thioether (sulfide) groups is 1. The molecule has 0 saturated carbocycles. The van der Waals surface area contributed by atoms with E-state index >= 15 is 0 Å². The van der Waals surface area contributed by atoms with E-state index in [1.165, 1.54) is 40.9 Å². The Morgan fingerprint density at radius 3 is 2.34 bits per heavy atom. The fourth-order valence-corrected chi connectivity index (χ4v) is 5.66. The van der Waals surface area contributed by atoms with E-state index in [0.717, 1.165) is 22.4 Å². The number of amides is 2. The van der Waals surface area contributed by atoms with Crippen LogP contribution in [0.4, 0.5) is 14.6 Å². The number of hydrogen-bond donors (Lipinski definition) is 1. The number of hydrogen-bond acceptors (Lipinski definition) is 4. The van der Waals surface area contributed by atoms with Gasteiger partial charge in [-0.25, -0.2) is 13.5 Å². The normalized spacial score (nSPS) is 16.3. The van der Waals surface area contributed by atoms with E-state index in [-0.39, 0.29) is 53.0 Å². The highest BCUT2D eigenvalue weighted by Crippen LogP contribution is 2.48. The summed E-state index contributed by atoms with van der Waals surface area (Å²) in [6, 6.07) is 12.3. The highest BCUT2D eigenvalue weighted by Gasteiger charge is 2.41. The summed E-state index contributed by atoms with van der Waals surface area (Å²) in [5, 5.41) is 7.51. The third-order valence-electron chi connectivity index (χ3n) is 6.29. The molecular weight excluding hydrogens is 506 g/mol. The van der Waals surface area contributed by atoms with Crippen molar-refractivity contribution in [3.8, 4) is 0 Å². The van der Waals surface area contributed by atoms with Gasteiger partial charge >= 0.3 is 0 Å². The summed E-state index contributed by atoms with van der Waals surface area (Å²) in [6.45, 7) is 12.2. The Morgan fingerprint density at radius 2 is 1.74 bits per heavy atom. The quantitative estimate of drug-likeness (QED) is 0.451. The van der Waals surface area contributed by atoms with E-state index in [0.29, 0.717) is 5.82 Å². The van der Waals surface area contributed by atoms with E-state index in [1.807, 2.05) is 31.5 Å². The molecule has 0 bridgehead atoms. The molecule has 2 aromatic carbocycles. The number of fused-ring (bicyclic) bond motifs is 1. The van der Waals surface area contributed by atoms with Gasteiger partial charge in [0.15, 0.2) is 0 Å². The van der Waals surface area contributed by atoms with Crippen molar-refractivity contribution in [1.29, 1.82) is 0 Å². The summed E-state index contributed by atoms with van der Waals surface area (Å²) in [5.41, 5.74) is 2.23. The summed E-state index contributed by atoms with van der Waals surface area (Å²) in [6.07, 6.45) is 0. The summed E-state index contributed by atoms with van der Waals surface area (Å²) >= 11 is 1.41. The van der Waals surface area contributed by atoms with Crippen LogP contribution in [0, 0.1) is 11.6 Å². The van der Waals surface area contributed by atoms with E-state index in [9.17, 15) is 18.4 Å². The zero-order chi connectivity index (χ0) is 27.8. The van der Waals surface area contributed by atoms with E-state index < -0.39 is 5.54 Å².